The van der Waals surface area contributed by atoms with Gasteiger partial charge in [-0.1, -0.05) is 74.8 Å². The second-order valence-corrected chi connectivity index (χ2v) is 11.7. The molecule has 224 valence electrons. The van der Waals surface area contributed by atoms with E-state index in [1.807, 2.05) is 82.0 Å². The van der Waals surface area contributed by atoms with Crippen molar-refractivity contribution in [1.29, 1.82) is 0 Å². The quantitative estimate of drug-likeness (QED) is 0.263. The van der Waals surface area contributed by atoms with Gasteiger partial charge in [0.15, 0.2) is 0 Å². The molecule has 0 radical (unpaired) electrons. The van der Waals surface area contributed by atoms with Crippen molar-refractivity contribution in [2.45, 2.75) is 95.5 Å². The summed E-state index contributed by atoms with van der Waals surface area (Å²) in [5, 5.41) is 0. The topological polar surface area (TPSA) is 61.4 Å². The van der Waals surface area contributed by atoms with E-state index in [0.717, 1.165) is 45.8 Å². The van der Waals surface area contributed by atoms with Crippen LogP contribution in [0.15, 0.2) is 64.9 Å². The average Bonchev–Trinajstić information content (AvgIpc) is 3.46. The molecule has 1 atom stereocenters. The monoisotopic (exact) mass is 784 g/mol. The number of aromatic amines is 1. The first-order valence-electron chi connectivity index (χ1n) is 14.4. The van der Waals surface area contributed by atoms with E-state index in [-0.39, 0.29) is 43.1 Å². The number of carbonyl (C=O) groups excluding carboxylic acids is 1. The van der Waals surface area contributed by atoms with Gasteiger partial charge in [-0.2, -0.15) is 36.8 Å². The van der Waals surface area contributed by atoms with Crippen LogP contribution in [0.2, 0.25) is 0 Å². The zero-order valence-electron chi connectivity index (χ0n) is 27.9. The third-order valence-corrected chi connectivity index (χ3v) is 4.71. The Morgan fingerprint density at radius 1 is 1.10 bits per heavy atom. The number of fused-ring (bicyclic) bond motifs is 1. The van der Waals surface area contributed by atoms with Crippen molar-refractivity contribution in [1.82, 2.24) is 9.97 Å². The summed E-state index contributed by atoms with van der Waals surface area (Å²) in [7, 11) is 1.67. The number of hydrogen-bond donors (Lipinski definition) is 1. The maximum absolute atomic E-state index is 13.2. The molecule has 1 fully saturated rings. The van der Waals surface area contributed by atoms with Gasteiger partial charge in [0.2, 0.25) is 0 Å². The Bertz CT molecular complexity index is 1190. The maximum Gasteiger partial charge on any atom is 2.00 e. The molecule has 2 aromatic carbocycles. The van der Waals surface area contributed by atoms with Crippen LogP contribution in [0.5, 0.6) is 0 Å². The number of amides is 1. The molecular weight excluding hydrogens is 730 g/mol. The summed E-state index contributed by atoms with van der Waals surface area (Å²) < 4.78 is 0. The molecule has 0 saturated carbocycles. The summed E-state index contributed by atoms with van der Waals surface area (Å²) in [6, 6.07) is 16.4. The van der Waals surface area contributed by atoms with E-state index in [4.69, 9.17) is 0 Å². The molecule has 0 spiro atoms. The molecule has 3 aromatic rings. The van der Waals surface area contributed by atoms with Gasteiger partial charge in [-0.3, -0.25) is 14.7 Å². The maximum atomic E-state index is 13.2. The summed E-state index contributed by atoms with van der Waals surface area (Å²) in [5.41, 5.74) is 6.70. The molecule has 0 aliphatic carbocycles. The van der Waals surface area contributed by atoms with Gasteiger partial charge in [0, 0.05) is 18.3 Å². The number of rotatable bonds is 2. The summed E-state index contributed by atoms with van der Waals surface area (Å²) >= 11 is 0. The Kier molecular flexibility index (Phi) is 20.7. The van der Waals surface area contributed by atoms with Crippen molar-refractivity contribution in [2.24, 2.45) is 16.3 Å². The fourth-order valence-electron chi connectivity index (χ4n) is 3.57. The molecule has 5 nitrogen and oxygen atoms in total. The first kappa shape index (κ1) is 41.0. The minimum Gasteiger partial charge on any atom is -0.345 e. The number of nitrogens with zero attached hydrogens (tertiary/aromatic N) is 3. The van der Waals surface area contributed by atoms with Crippen LogP contribution in [-0.4, -0.2) is 28.6 Å². The van der Waals surface area contributed by atoms with Gasteiger partial charge < -0.3 is 11.9 Å². The zero-order valence-corrected chi connectivity index (χ0v) is 32.1. The van der Waals surface area contributed by atoms with E-state index in [0.29, 0.717) is 11.1 Å². The smallest absolute Gasteiger partial charge is 0.345 e. The summed E-state index contributed by atoms with van der Waals surface area (Å²) in [6.07, 6.45) is 2.66. The predicted octanol–water partition coefficient (Wildman–Crippen LogP) is 9.83. The SMILES string of the molecule is CC.CC(C)(C)C.CC(C)C.CN=C1C(=O)N(c2ccc3nc[nH]c3c2)C(c2cc[c-]cc2)C1=C(C)C.[CH2-]CC.[U+2]. The van der Waals surface area contributed by atoms with Gasteiger partial charge in [-0.25, -0.2) is 4.98 Å². The van der Waals surface area contributed by atoms with Gasteiger partial charge in [0.05, 0.1) is 23.4 Å². The van der Waals surface area contributed by atoms with Gasteiger partial charge >= 0.3 is 31.1 Å². The Morgan fingerprint density at radius 3 is 2.02 bits per heavy atom. The Morgan fingerprint density at radius 2 is 1.59 bits per heavy atom. The molecule has 1 N–H and O–H groups in total. The fraction of sp³-hybridized carbons (Fsp3) is 0.486. The largest absolute Gasteiger partial charge is 2.00 e. The van der Waals surface area contributed by atoms with E-state index in [2.05, 4.69) is 76.4 Å². The van der Waals surface area contributed by atoms with Crippen LogP contribution < -0.4 is 4.90 Å². The van der Waals surface area contributed by atoms with Gasteiger partial charge in [-0.15, -0.1) is 5.56 Å². The van der Waals surface area contributed by atoms with Crippen LogP contribution in [0, 0.1) is 55.4 Å². The molecule has 41 heavy (non-hydrogen) atoms. The summed E-state index contributed by atoms with van der Waals surface area (Å²) in [5.74, 6) is 0.750. The third-order valence-electron chi connectivity index (χ3n) is 4.71. The number of benzene rings is 2. The van der Waals surface area contributed by atoms with Crippen molar-refractivity contribution >= 4 is 28.3 Å². The zero-order chi connectivity index (χ0) is 31.0. The standard InChI is InChI=1S/C21H19N4O.C5H12.C4H10.C3H7.C2H6.U/c1-13(2)18-19(22-3)21(26)25(20(18)14-7-5-4-6-8-14)15-9-10-16-17(11-15)24-12-23-16;1-5(2,3)4;1-4(2)3;1-3-2;1-2;/h5-12,20H,1-3H3,(H,23,24);1-4H3;4H,1-3H3;1,3H2,2H3;1-2H3;/q-1;;;-1;;+2. The van der Waals surface area contributed by atoms with Gasteiger partial charge in [0.1, 0.15) is 5.71 Å². The molecule has 0 bridgehead atoms. The van der Waals surface area contributed by atoms with E-state index in [9.17, 15) is 4.79 Å². The first-order valence-corrected chi connectivity index (χ1v) is 14.4. The van der Waals surface area contributed by atoms with Crippen LogP contribution >= 0.6 is 0 Å². The second-order valence-electron chi connectivity index (χ2n) is 11.7. The average molecular weight is 785 g/mol. The Hall–Kier alpha value is -2.16. The first-order chi connectivity index (χ1) is 18.8. The van der Waals surface area contributed by atoms with Crippen LogP contribution in [0.25, 0.3) is 11.0 Å². The number of aromatic nitrogens is 2. The Balaban J connectivity index is 0. The number of anilines is 1. The molecule has 1 aliphatic heterocycles. The molecule has 1 aromatic heterocycles. The van der Waals surface area contributed by atoms with Crippen molar-refractivity contribution in [3.63, 3.8) is 0 Å². The minimum absolute atomic E-state index is 0. The van der Waals surface area contributed by atoms with Crippen molar-refractivity contribution < 1.29 is 35.9 Å². The molecule has 1 aliphatic rings. The number of carbonyl (C=O) groups is 1. The van der Waals surface area contributed by atoms with Crippen LogP contribution in [0.4, 0.5) is 5.69 Å². The van der Waals surface area contributed by atoms with E-state index in [1.54, 1.807) is 13.4 Å². The predicted molar refractivity (Wildman–Crippen MR) is 176 cm³/mol. The minimum atomic E-state index is -0.207. The van der Waals surface area contributed by atoms with E-state index >= 15 is 0 Å². The molecule has 1 amide bonds. The van der Waals surface area contributed by atoms with Crippen molar-refractivity contribution in [2.75, 3.05) is 11.9 Å². The number of hydrogen-bond acceptors (Lipinski definition) is 3. The van der Waals surface area contributed by atoms with Gasteiger partial charge in [-0.05, 0) is 43.4 Å². The second kappa shape index (κ2) is 20.7. The number of H-pyrrole nitrogens is 1. The Labute approximate surface area is 275 Å². The van der Waals surface area contributed by atoms with E-state index in [1.165, 1.54) is 0 Å². The van der Waals surface area contributed by atoms with Gasteiger partial charge in [0.25, 0.3) is 5.91 Å². The molecule has 4 rings (SSSR count). The van der Waals surface area contributed by atoms with Crippen LogP contribution in [-0.2, 0) is 4.79 Å². The molecule has 2 heterocycles. The van der Waals surface area contributed by atoms with Crippen molar-refractivity contribution in [3.8, 4) is 0 Å². The fourth-order valence-corrected chi connectivity index (χ4v) is 3.57. The number of allylic oxidation sites excluding steroid dienone is 1. The molecular formula is C35H54N4OU. The van der Waals surface area contributed by atoms with Crippen molar-refractivity contribution in [3.05, 3.63) is 78.5 Å². The molecule has 1 saturated heterocycles. The number of aliphatic imine (C=N–C) groups is 1. The van der Waals surface area contributed by atoms with Crippen LogP contribution in [0.3, 0.4) is 0 Å². The number of nitrogens with one attached hydrogen (secondary N) is 1. The normalized spacial score (nSPS) is 15.0. The third kappa shape index (κ3) is 14.0. The number of imidazole rings is 1. The molecule has 6 heteroatoms. The molecule has 1 unspecified atom stereocenters. The van der Waals surface area contributed by atoms with Crippen LogP contribution in [0.1, 0.15) is 101 Å². The summed E-state index contributed by atoms with van der Waals surface area (Å²) in [6.45, 7) is 28.8. The van der Waals surface area contributed by atoms with E-state index < -0.39 is 0 Å². The summed E-state index contributed by atoms with van der Waals surface area (Å²) in [4.78, 5) is 26.7.